The first-order valence-electron chi connectivity index (χ1n) is 4.67. The van der Waals surface area contributed by atoms with Crippen molar-refractivity contribution < 1.29 is 0 Å². The molecule has 0 aromatic carbocycles. The topological polar surface area (TPSA) is 55.3 Å². The van der Waals surface area contributed by atoms with Crippen molar-refractivity contribution in [2.75, 3.05) is 19.3 Å². The molecule has 3 N–H and O–H groups in total. The van der Waals surface area contributed by atoms with Crippen LogP contribution in [-0.2, 0) is 6.42 Å². The van der Waals surface area contributed by atoms with E-state index in [1.54, 1.807) is 0 Å². The largest absolute Gasteiger partial charge is 0.399 e. The van der Waals surface area contributed by atoms with Crippen LogP contribution < -0.4 is 11.1 Å². The van der Waals surface area contributed by atoms with Gasteiger partial charge in [-0.3, -0.25) is 0 Å². The van der Waals surface area contributed by atoms with Gasteiger partial charge in [-0.15, -0.1) is 0 Å². The second-order valence-corrected chi connectivity index (χ2v) is 3.28. The van der Waals surface area contributed by atoms with Crippen LogP contribution in [-0.4, -0.2) is 23.0 Å². The van der Waals surface area contributed by atoms with Gasteiger partial charge in [-0.05, 0) is 19.2 Å². The van der Waals surface area contributed by atoms with Gasteiger partial charge in [-0.2, -0.15) is 0 Å². The number of hydrogen-bond donors (Lipinski definition) is 2. The molecule has 2 heterocycles. The fourth-order valence-electron chi connectivity index (χ4n) is 1.49. The Morgan fingerprint density at radius 2 is 2.43 bits per heavy atom. The SMILES string of the molecule is CNCCc1ncc2cc(N)ccn12. The molecule has 2 aromatic rings. The van der Waals surface area contributed by atoms with Crippen molar-refractivity contribution in [3.8, 4) is 0 Å². The predicted octanol–water partition coefficient (Wildman–Crippen LogP) is 0.678. The number of rotatable bonds is 3. The smallest absolute Gasteiger partial charge is 0.114 e. The van der Waals surface area contributed by atoms with E-state index >= 15 is 0 Å². The minimum absolute atomic E-state index is 0.776. The second-order valence-electron chi connectivity index (χ2n) is 3.28. The van der Waals surface area contributed by atoms with Gasteiger partial charge in [0, 0.05) is 24.8 Å². The van der Waals surface area contributed by atoms with Crippen LogP contribution in [0.3, 0.4) is 0 Å². The van der Waals surface area contributed by atoms with Gasteiger partial charge in [0.25, 0.3) is 0 Å². The number of anilines is 1. The summed E-state index contributed by atoms with van der Waals surface area (Å²) in [5.41, 5.74) is 7.51. The molecule has 4 heteroatoms. The summed E-state index contributed by atoms with van der Waals surface area (Å²) in [7, 11) is 1.94. The Balaban J connectivity index is 2.37. The van der Waals surface area contributed by atoms with Gasteiger partial charge in [0.1, 0.15) is 5.82 Å². The molecule has 0 fully saturated rings. The van der Waals surface area contributed by atoms with Gasteiger partial charge in [0.05, 0.1) is 11.7 Å². The van der Waals surface area contributed by atoms with Crippen molar-refractivity contribution >= 4 is 11.2 Å². The Hall–Kier alpha value is -1.55. The molecule has 0 atom stereocenters. The fourth-order valence-corrected chi connectivity index (χ4v) is 1.49. The Bertz CT molecular complexity index is 433. The van der Waals surface area contributed by atoms with Crippen molar-refractivity contribution in [1.29, 1.82) is 0 Å². The number of imidazole rings is 1. The van der Waals surface area contributed by atoms with Crippen LogP contribution in [0.25, 0.3) is 5.52 Å². The van der Waals surface area contributed by atoms with Crippen LogP contribution in [0.4, 0.5) is 5.69 Å². The van der Waals surface area contributed by atoms with Crippen LogP contribution in [0, 0.1) is 0 Å². The lowest BCUT2D eigenvalue weighted by molar-refractivity contribution is 0.753. The summed E-state index contributed by atoms with van der Waals surface area (Å²) in [6, 6.07) is 3.81. The molecule has 0 unspecified atom stereocenters. The molecule has 0 amide bonds. The molecule has 0 radical (unpaired) electrons. The number of nitrogen functional groups attached to an aromatic ring is 1. The molecule has 0 aliphatic carbocycles. The molecule has 74 valence electrons. The number of nitrogens with zero attached hydrogens (tertiary/aromatic N) is 2. The molecule has 0 spiro atoms. The van der Waals surface area contributed by atoms with Crippen LogP contribution >= 0.6 is 0 Å². The summed E-state index contributed by atoms with van der Waals surface area (Å²) >= 11 is 0. The third-order valence-electron chi connectivity index (χ3n) is 2.23. The molecule has 0 aliphatic rings. The molecule has 2 aromatic heterocycles. The maximum absolute atomic E-state index is 5.68. The fraction of sp³-hybridized carbons (Fsp3) is 0.300. The molecule has 14 heavy (non-hydrogen) atoms. The number of nitrogens with two attached hydrogens (primary N) is 1. The van der Waals surface area contributed by atoms with Crippen LogP contribution in [0.2, 0.25) is 0 Å². The molecule has 0 saturated heterocycles. The van der Waals surface area contributed by atoms with E-state index < -0.39 is 0 Å². The first-order chi connectivity index (χ1) is 6.81. The zero-order valence-corrected chi connectivity index (χ0v) is 8.20. The van der Waals surface area contributed by atoms with Gasteiger partial charge in [0.15, 0.2) is 0 Å². The normalized spacial score (nSPS) is 10.9. The van der Waals surface area contributed by atoms with Crippen molar-refractivity contribution in [3.63, 3.8) is 0 Å². The predicted molar refractivity (Wildman–Crippen MR) is 57.2 cm³/mol. The lowest BCUT2D eigenvalue weighted by Crippen LogP contribution is -2.12. The highest BCUT2D eigenvalue weighted by atomic mass is 15.0. The van der Waals surface area contributed by atoms with E-state index in [-0.39, 0.29) is 0 Å². The van der Waals surface area contributed by atoms with E-state index in [1.807, 2.05) is 31.6 Å². The molecular formula is C10H14N4. The summed E-state index contributed by atoms with van der Waals surface area (Å²) in [5, 5.41) is 3.10. The number of nitrogens with one attached hydrogen (secondary N) is 1. The lowest BCUT2D eigenvalue weighted by atomic mass is 10.3. The first-order valence-corrected chi connectivity index (χ1v) is 4.67. The highest BCUT2D eigenvalue weighted by Crippen LogP contribution is 2.10. The first kappa shape index (κ1) is 9.02. The minimum atomic E-state index is 0.776. The summed E-state index contributed by atoms with van der Waals surface area (Å²) < 4.78 is 2.06. The zero-order valence-electron chi connectivity index (χ0n) is 8.20. The van der Waals surface area contributed by atoms with Crippen molar-refractivity contribution in [1.82, 2.24) is 14.7 Å². The summed E-state index contributed by atoms with van der Waals surface area (Å²) in [5.74, 6) is 1.06. The number of fused-ring (bicyclic) bond motifs is 1. The average Bonchev–Trinajstić information content (AvgIpc) is 2.57. The molecule has 2 rings (SSSR count). The number of likely N-dealkylation sites (N-methyl/N-ethyl adjacent to an activating group) is 1. The van der Waals surface area contributed by atoms with Crippen molar-refractivity contribution in [2.45, 2.75) is 6.42 Å². The number of hydrogen-bond acceptors (Lipinski definition) is 3. The number of aromatic nitrogens is 2. The molecule has 0 bridgehead atoms. The summed E-state index contributed by atoms with van der Waals surface area (Å²) in [4.78, 5) is 4.34. The van der Waals surface area contributed by atoms with Crippen LogP contribution in [0.5, 0.6) is 0 Å². The zero-order chi connectivity index (χ0) is 9.97. The van der Waals surface area contributed by atoms with E-state index in [4.69, 9.17) is 5.73 Å². The Labute approximate surface area is 82.8 Å². The standard InChI is InChI=1S/C10H14N4/c1-12-4-2-10-13-7-9-6-8(11)3-5-14(9)10/h3,5-7,12H,2,4,11H2,1H3. The van der Waals surface area contributed by atoms with Gasteiger partial charge < -0.3 is 15.5 Å². The van der Waals surface area contributed by atoms with E-state index in [1.165, 1.54) is 0 Å². The molecule has 0 saturated carbocycles. The van der Waals surface area contributed by atoms with Crippen molar-refractivity contribution in [3.05, 3.63) is 30.4 Å². The second kappa shape index (κ2) is 3.67. The quantitative estimate of drug-likeness (QED) is 0.748. The van der Waals surface area contributed by atoms with Gasteiger partial charge >= 0.3 is 0 Å². The number of pyridine rings is 1. The van der Waals surface area contributed by atoms with E-state index in [9.17, 15) is 0 Å². The summed E-state index contributed by atoms with van der Waals surface area (Å²) in [6.07, 6.45) is 4.73. The van der Waals surface area contributed by atoms with E-state index in [2.05, 4.69) is 14.7 Å². The Morgan fingerprint density at radius 3 is 3.21 bits per heavy atom. The molecule has 0 aliphatic heterocycles. The lowest BCUT2D eigenvalue weighted by Gasteiger charge is -2.01. The van der Waals surface area contributed by atoms with Crippen LogP contribution in [0.1, 0.15) is 5.82 Å². The van der Waals surface area contributed by atoms with Crippen LogP contribution in [0.15, 0.2) is 24.5 Å². The van der Waals surface area contributed by atoms with Gasteiger partial charge in [-0.25, -0.2) is 4.98 Å². The molecular weight excluding hydrogens is 176 g/mol. The third-order valence-corrected chi connectivity index (χ3v) is 2.23. The summed E-state index contributed by atoms with van der Waals surface area (Å²) in [6.45, 7) is 0.934. The highest BCUT2D eigenvalue weighted by molar-refractivity contribution is 5.55. The average molecular weight is 190 g/mol. The van der Waals surface area contributed by atoms with Gasteiger partial charge in [-0.1, -0.05) is 0 Å². The highest BCUT2D eigenvalue weighted by Gasteiger charge is 2.02. The minimum Gasteiger partial charge on any atom is -0.399 e. The van der Waals surface area contributed by atoms with E-state index in [0.29, 0.717) is 0 Å². The maximum atomic E-state index is 5.68. The van der Waals surface area contributed by atoms with E-state index in [0.717, 1.165) is 30.0 Å². The third kappa shape index (κ3) is 1.56. The maximum Gasteiger partial charge on any atom is 0.114 e. The van der Waals surface area contributed by atoms with Gasteiger partial charge in [0.2, 0.25) is 0 Å². The Kier molecular flexibility index (Phi) is 2.37. The monoisotopic (exact) mass is 190 g/mol. The molecule has 4 nitrogen and oxygen atoms in total. The van der Waals surface area contributed by atoms with Crippen molar-refractivity contribution in [2.24, 2.45) is 0 Å². The Morgan fingerprint density at radius 1 is 1.57 bits per heavy atom.